The summed E-state index contributed by atoms with van der Waals surface area (Å²) in [5.41, 5.74) is 0.805. The van der Waals surface area contributed by atoms with Crippen molar-refractivity contribution >= 4 is 17.7 Å². The molecule has 0 aromatic heterocycles. The van der Waals surface area contributed by atoms with Crippen LogP contribution in [0.15, 0.2) is 24.3 Å². The van der Waals surface area contributed by atoms with Gasteiger partial charge in [-0.1, -0.05) is 12.1 Å². The van der Waals surface area contributed by atoms with Gasteiger partial charge in [0.1, 0.15) is 0 Å². The highest BCUT2D eigenvalue weighted by molar-refractivity contribution is 6.00. The summed E-state index contributed by atoms with van der Waals surface area (Å²) in [6, 6.07) is 6.46. The van der Waals surface area contributed by atoms with Crippen molar-refractivity contribution < 1.29 is 14.3 Å². The highest BCUT2D eigenvalue weighted by atomic mass is 16.5. The number of esters is 1. The van der Waals surface area contributed by atoms with Gasteiger partial charge in [0.05, 0.1) is 18.4 Å². The van der Waals surface area contributed by atoms with E-state index in [-0.39, 0.29) is 6.03 Å². The van der Waals surface area contributed by atoms with Gasteiger partial charge in [-0.3, -0.25) is 0 Å². The average Bonchev–Trinajstić information content (AvgIpc) is 3.20. The van der Waals surface area contributed by atoms with Crippen molar-refractivity contribution in [1.82, 2.24) is 5.32 Å². The molecule has 2 amide bonds. The van der Waals surface area contributed by atoms with Gasteiger partial charge >= 0.3 is 12.0 Å². The van der Waals surface area contributed by atoms with Crippen molar-refractivity contribution in [3.63, 3.8) is 0 Å². The predicted octanol–water partition coefficient (Wildman–Crippen LogP) is 2.00. The Morgan fingerprint density at radius 3 is 2.72 bits per heavy atom. The Hall–Kier alpha value is -2.04. The molecule has 2 rings (SSSR count). The molecule has 0 saturated heterocycles. The second-order valence-electron chi connectivity index (χ2n) is 4.32. The zero-order valence-electron chi connectivity index (χ0n) is 10.2. The van der Waals surface area contributed by atoms with Crippen LogP contribution in [0.1, 0.15) is 23.2 Å². The van der Waals surface area contributed by atoms with Gasteiger partial charge in [-0.05, 0) is 30.9 Å². The van der Waals surface area contributed by atoms with Crippen molar-refractivity contribution in [3.8, 4) is 0 Å². The van der Waals surface area contributed by atoms with Crippen LogP contribution in [0.3, 0.4) is 0 Å². The van der Waals surface area contributed by atoms with Gasteiger partial charge in [-0.15, -0.1) is 0 Å². The van der Waals surface area contributed by atoms with E-state index >= 15 is 0 Å². The van der Waals surface area contributed by atoms with Crippen LogP contribution in [0.5, 0.6) is 0 Å². The molecule has 18 heavy (non-hydrogen) atoms. The lowest BCUT2D eigenvalue weighted by atomic mass is 10.2. The van der Waals surface area contributed by atoms with Crippen molar-refractivity contribution in [1.29, 1.82) is 0 Å². The van der Waals surface area contributed by atoms with E-state index in [0.29, 0.717) is 23.7 Å². The number of nitrogens with one attached hydrogen (secondary N) is 2. The first-order valence-electron chi connectivity index (χ1n) is 5.93. The molecule has 0 unspecified atom stereocenters. The molecule has 5 heteroatoms. The molecule has 1 aromatic rings. The average molecular weight is 248 g/mol. The van der Waals surface area contributed by atoms with Crippen LogP contribution in [0.4, 0.5) is 10.5 Å². The number of amides is 2. The molecule has 1 fully saturated rings. The van der Waals surface area contributed by atoms with Crippen LogP contribution in [-0.2, 0) is 4.74 Å². The monoisotopic (exact) mass is 248 g/mol. The fraction of sp³-hybridized carbons (Fsp3) is 0.385. The number of carbonyl (C=O) groups excluding carboxylic acids is 2. The van der Waals surface area contributed by atoms with Crippen LogP contribution in [0.25, 0.3) is 0 Å². The van der Waals surface area contributed by atoms with E-state index in [1.807, 2.05) is 0 Å². The number of methoxy groups -OCH3 is 1. The van der Waals surface area contributed by atoms with Gasteiger partial charge in [0.25, 0.3) is 0 Å². The molecule has 0 spiro atoms. The third-order valence-corrected chi connectivity index (χ3v) is 2.83. The predicted molar refractivity (Wildman–Crippen MR) is 67.5 cm³/mol. The number of benzene rings is 1. The Morgan fingerprint density at radius 1 is 1.33 bits per heavy atom. The number of anilines is 1. The third kappa shape index (κ3) is 3.23. The molecule has 96 valence electrons. The molecule has 0 heterocycles. The molecule has 0 atom stereocenters. The molecule has 0 radical (unpaired) electrons. The normalized spacial score (nSPS) is 13.8. The van der Waals surface area contributed by atoms with Crippen molar-refractivity contribution in [2.75, 3.05) is 19.0 Å². The Balaban J connectivity index is 1.98. The van der Waals surface area contributed by atoms with Crippen molar-refractivity contribution in [3.05, 3.63) is 29.8 Å². The molecule has 0 aliphatic heterocycles. The number of ether oxygens (including phenoxy) is 1. The van der Waals surface area contributed by atoms with E-state index in [9.17, 15) is 9.59 Å². The van der Waals surface area contributed by atoms with Crippen LogP contribution in [-0.4, -0.2) is 25.7 Å². The van der Waals surface area contributed by atoms with E-state index in [0.717, 1.165) is 0 Å². The molecule has 5 nitrogen and oxygen atoms in total. The number of rotatable bonds is 4. The summed E-state index contributed by atoms with van der Waals surface area (Å²) in [6.07, 6.45) is 2.36. The number of urea groups is 1. The lowest BCUT2D eigenvalue weighted by Crippen LogP contribution is -2.31. The highest BCUT2D eigenvalue weighted by Crippen LogP contribution is 2.27. The van der Waals surface area contributed by atoms with Crippen molar-refractivity contribution in [2.45, 2.75) is 12.8 Å². The van der Waals surface area contributed by atoms with Crippen LogP contribution >= 0.6 is 0 Å². The minimum Gasteiger partial charge on any atom is -0.465 e. The lowest BCUT2D eigenvalue weighted by Gasteiger charge is -2.10. The number of hydrogen-bond donors (Lipinski definition) is 2. The second-order valence-corrected chi connectivity index (χ2v) is 4.32. The maximum Gasteiger partial charge on any atom is 0.339 e. The quantitative estimate of drug-likeness (QED) is 0.801. The van der Waals surface area contributed by atoms with E-state index in [1.165, 1.54) is 20.0 Å². The third-order valence-electron chi connectivity index (χ3n) is 2.83. The van der Waals surface area contributed by atoms with Crippen LogP contribution in [0, 0.1) is 5.92 Å². The lowest BCUT2D eigenvalue weighted by molar-refractivity contribution is 0.0602. The van der Waals surface area contributed by atoms with Crippen LogP contribution in [0.2, 0.25) is 0 Å². The molecular weight excluding hydrogens is 232 g/mol. The van der Waals surface area contributed by atoms with E-state index < -0.39 is 5.97 Å². The Morgan fingerprint density at radius 2 is 2.06 bits per heavy atom. The fourth-order valence-corrected chi connectivity index (χ4v) is 1.61. The minimum absolute atomic E-state index is 0.293. The summed E-state index contributed by atoms with van der Waals surface area (Å²) in [6.45, 7) is 0.687. The second kappa shape index (κ2) is 5.53. The SMILES string of the molecule is COC(=O)c1ccccc1NC(=O)NCC1CC1. The van der Waals surface area contributed by atoms with Gasteiger partial charge < -0.3 is 15.4 Å². The first-order valence-corrected chi connectivity index (χ1v) is 5.93. The summed E-state index contributed by atoms with van der Waals surface area (Å²) < 4.78 is 4.66. The zero-order valence-corrected chi connectivity index (χ0v) is 10.2. The van der Waals surface area contributed by atoms with Gasteiger partial charge in [-0.2, -0.15) is 0 Å². The molecule has 0 bridgehead atoms. The highest BCUT2D eigenvalue weighted by Gasteiger charge is 2.21. The zero-order chi connectivity index (χ0) is 13.0. The fourth-order valence-electron chi connectivity index (χ4n) is 1.61. The minimum atomic E-state index is -0.465. The van der Waals surface area contributed by atoms with Gasteiger partial charge in [0, 0.05) is 6.54 Å². The van der Waals surface area contributed by atoms with Gasteiger partial charge in [-0.25, -0.2) is 9.59 Å². The summed E-state index contributed by atoms with van der Waals surface area (Å²) >= 11 is 0. The Labute approximate surface area is 106 Å². The number of hydrogen-bond acceptors (Lipinski definition) is 3. The molecule has 2 N–H and O–H groups in total. The van der Waals surface area contributed by atoms with Crippen LogP contribution < -0.4 is 10.6 Å². The first-order chi connectivity index (χ1) is 8.70. The van der Waals surface area contributed by atoms with E-state index in [1.54, 1.807) is 24.3 Å². The number of para-hydroxylation sites is 1. The van der Waals surface area contributed by atoms with Gasteiger partial charge in [0.15, 0.2) is 0 Å². The Bertz CT molecular complexity index is 455. The molecule has 1 aliphatic carbocycles. The molecular formula is C13H16N2O3. The first kappa shape index (κ1) is 12.4. The largest absolute Gasteiger partial charge is 0.465 e. The number of carbonyl (C=O) groups is 2. The maximum atomic E-state index is 11.6. The molecule has 1 aliphatic rings. The van der Waals surface area contributed by atoms with Crippen molar-refractivity contribution in [2.24, 2.45) is 5.92 Å². The maximum absolute atomic E-state index is 11.6. The van der Waals surface area contributed by atoms with E-state index in [2.05, 4.69) is 15.4 Å². The molecule has 1 aromatic carbocycles. The Kier molecular flexibility index (Phi) is 3.82. The van der Waals surface area contributed by atoms with E-state index in [4.69, 9.17) is 0 Å². The summed E-state index contributed by atoms with van der Waals surface area (Å²) in [5.74, 6) is 0.152. The topological polar surface area (TPSA) is 67.4 Å². The summed E-state index contributed by atoms with van der Waals surface area (Å²) in [7, 11) is 1.31. The summed E-state index contributed by atoms with van der Waals surface area (Å²) in [5, 5.41) is 5.43. The van der Waals surface area contributed by atoms with Gasteiger partial charge in [0.2, 0.25) is 0 Å². The standard InChI is InChI=1S/C13H16N2O3/c1-18-12(16)10-4-2-3-5-11(10)15-13(17)14-8-9-6-7-9/h2-5,9H,6-8H2,1H3,(H2,14,15,17). The molecule has 1 saturated carbocycles. The summed E-state index contributed by atoms with van der Waals surface area (Å²) in [4.78, 5) is 23.1. The smallest absolute Gasteiger partial charge is 0.339 e.